The van der Waals surface area contributed by atoms with Crippen LogP contribution < -0.4 is 18.9 Å². The van der Waals surface area contributed by atoms with E-state index in [1.807, 2.05) is 0 Å². The Morgan fingerprint density at radius 3 is 1.75 bits per heavy atom. The van der Waals surface area contributed by atoms with Crippen molar-refractivity contribution in [1.29, 1.82) is 0 Å². The molecular formula is C23H26N2O7. The first-order valence-corrected chi connectivity index (χ1v) is 10.0. The summed E-state index contributed by atoms with van der Waals surface area (Å²) in [6, 6.07) is 9.71. The standard InChI is InChI=1S/C23H26N2O7/c1-15(26)32-18-7-5-6-16(12-18)22(27)24-8-10-25(11-9-24)23(28)17-13-19(29-2)21(31-4)20(14-17)30-3/h5-7,12-14H,8-11H2,1-4H3. The summed E-state index contributed by atoms with van der Waals surface area (Å²) >= 11 is 0. The zero-order chi connectivity index (χ0) is 23.3. The third kappa shape index (κ3) is 4.93. The zero-order valence-corrected chi connectivity index (χ0v) is 18.5. The molecule has 9 nitrogen and oxygen atoms in total. The molecule has 0 saturated carbocycles. The number of rotatable bonds is 6. The molecule has 2 aromatic rings. The number of carbonyl (C=O) groups excluding carboxylic acids is 3. The third-order valence-electron chi connectivity index (χ3n) is 5.11. The number of methoxy groups -OCH3 is 3. The number of nitrogens with zero attached hydrogens (tertiary/aromatic N) is 2. The number of hydrogen-bond acceptors (Lipinski definition) is 7. The fraction of sp³-hybridized carbons (Fsp3) is 0.348. The van der Waals surface area contributed by atoms with Gasteiger partial charge in [-0.1, -0.05) is 6.07 Å². The molecule has 3 rings (SSSR count). The fourth-order valence-electron chi connectivity index (χ4n) is 3.54. The van der Waals surface area contributed by atoms with Crippen molar-refractivity contribution in [2.45, 2.75) is 6.92 Å². The Labute approximate surface area is 186 Å². The van der Waals surface area contributed by atoms with Gasteiger partial charge < -0.3 is 28.7 Å². The summed E-state index contributed by atoms with van der Waals surface area (Å²) in [5.41, 5.74) is 0.835. The molecule has 0 N–H and O–H groups in total. The van der Waals surface area contributed by atoms with Gasteiger partial charge in [0.1, 0.15) is 5.75 Å². The third-order valence-corrected chi connectivity index (χ3v) is 5.11. The highest BCUT2D eigenvalue weighted by molar-refractivity contribution is 5.97. The van der Waals surface area contributed by atoms with E-state index >= 15 is 0 Å². The summed E-state index contributed by atoms with van der Waals surface area (Å²) in [5, 5.41) is 0. The van der Waals surface area contributed by atoms with Crippen LogP contribution in [-0.2, 0) is 4.79 Å². The molecule has 1 saturated heterocycles. The van der Waals surface area contributed by atoms with Crippen molar-refractivity contribution in [2.75, 3.05) is 47.5 Å². The van der Waals surface area contributed by atoms with Crippen LogP contribution in [0.4, 0.5) is 0 Å². The van der Waals surface area contributed by atoms with E-state index in [9.17, 15) is 14.4 Å². The molecule has 9 heteroatoms. The molecule has 0 aliphatic carbocycles. The van der Waals surface area contributed by atoms with Gasteiger partial charge in [0.05, 0.1) is 21.3 Å². The molecule has 1 fully saturated rings. The van der Waals surface area contributed by atoms with Crippen LogP contribution in [0.2, 0.25) is 0 Å². The smallest absolute Gasteiger partial charge is 0.308 e. The monoisotopic (exact) mass is 442 g/mol. The van der Waals surface area contributed by atoms with Gasteiger partial charge in [-0.3, -0.25) is 14.4 Å². The SMILES string of the molecule is COc1cc(C(=O)N2CCN(C(=O)c3cccc(OC(C)=O)c3)CC2)cc(OC)c1OC. The van der Waals surface area contributed by atoms with Crippen molar-refractivity contribution in [3.8, 4) is 23.0 Å². The van der Waals surface area contributed by atoms with Gasteiger partial charge >= 0.3 is 5.97 Å². The van der Waals surface area contributed by atoms with Crippen LogP contribution in [-0.4, -0.2) is 75.1 Å². The molecule has 2 amide bonds. The lowest BCUT2D eigenvalue weighted by Gasteiger charge is -2.35. The molecule has 0 atom stereocenters. The van der Waals surface area contributed by atoms with Crippen molar-refractivity contribution in [1.82, 2.24) is 9.80 Å². The zero-order valence-electron chi connectivity index (χ0n) is 18.5. The first-order chi connectivity index (χ1) is 15.4. The maximum atomic E-state index is 13.1. The normalized spacial score (nSPS) is 13.4. The summed E-state index contributed by atoms with van der Waals surface area (Å²) in [6.07, 6.45) is 0. The number of ether oxygens (including phenoxy) is 4. The average molecular weight is 442 g/mol. The molecule has 1 aliphatic heterocycles. The van der Waals surface area contributed by atoms with Gasteiger partial charge in [-0.2, -0.15) is 0 Å². The summed E-state index contributed by atoms with van der Waals surface area (Å²) in [5.74, 6) is 0.714. The van der Waals surface area contributed by atoms with E-state index in [4.69, 9.17) is 18.9 Å². The van der Waals surface area contributed by atoms with Gasteiger partial charge in [0.25, 0.3) is 11.8 Å². The Balaban J connectivity index is 1.69. The van der Waals surface area contributed by atoms with Gasteiger partial charge in [-0.15, -0.1) is 0 Å². The molecule has 1 aliphatic rings. The first kappa shape index (κ1) is 22.9. The highest BCUT2D eigenvalue weighted by Crippen LogP contribution is 2.38. The molecule has 0 unspecified atom stereocenters. The lowest BCUT2D eigenvalue weighted by atomic mass is 10.1. The van der Waals surface area contributed by atoms with Crippen LogP contribution in [0.1, 0.15) is 27.6 Å². The van der Waals surface area contributed by atoms with Crippen molar-refractivity contribution in [3.63, 3.8) is 0 Å². The van der Waals surface area contributed by atoms with E-state index in [0.29, 0.717) is 60.3 Å². The highest BCUT2D eigenvalue weighted by Gasteiger charge is 2.27. The average Bonchev–Trinajstić information content (AvgIpc) is 2.81. The topological polar surface area (TPSA) is 94.6 Å². The number of amides is 2. The van der Waals surface area contributed by atoms with E-state index in [2.05, 4.69) is 0 Å². The van der Waals surface area contributed by atoms with E-state index in [1.165, 1.54) is 34.3 Å². The summed E-state index contributed by atoms with van der Waals surface area (Å²) in [6.45, 7) is 2.83. The molecule has 2 aromatic carbocycles. The molecular weight excluding hydrogens is 416 g/mol. The van der Waals surface area contributed by atoms with E-state index < -0.39 is 5.97 Å². The van der Waals surface area contributed by atoms with Crippen LogP contribution in [0.25, 0.3) is 0 Å². The van der Waals surface area contributed by atoms with Crippen LogP contribution in [0.3, 0.4) is 0 Å². The van der Waals surface area contributed by atoms with Gasteiger partial charge in [0, 0.05) is 44.2 Å². The van der Waals surface area contributed by atoms with E-state index in [1.54, 1.807) is 40.1 Å². The van der Waals surface area contributed by atoms with Gasteiger partial charge in [-0.05, 0) is 30.3 Å². The maximum Gasteiger partial charge on any atom is 0.308 e. The molecule has 0 radical (unpaired) electrons. The molecule has 32 heavy (non-hydrogen) atoms. The number of benzene rings is 2. The van der Waals surface area contributed by atoms with Crippen LogP contribution in [0, 0.1) is 0 Å². The molecule has 0 aromatic heterocycles. The van der Waals surface area contributed by atoms with Crippen LogP contribution in [0.15, 0.2) is 36.4 Å². The van der Waals surface area contributed by atoms with Crippen LogP contribution >= 0.6 is 0 Å². The quantitative estimate of drug-likeness (QED) is 0.500. The van der Waals surface area contributed by atoms with Gasteiger partial charge in [0.15, 0.2) is 11.5 Å². The Bertz CT molecular complexity index is 988. The largest absolute Gasteiger partial charge is 0.493 e. The van der Waals surface area contributed by atoms with Crippen molar-refractivity contribution < 1.29 is 33.3 Å². The summed E-state index contributed by atoms with van der Waals surface area (Å²) < 4.78 is 21.0. The molecule has 0 bridgehead atoms. The molecule has 1 heterocycles. The van der Waals surface area contributed by atoms with Crippen LogP contribution in [0.5, 0.6) is 23.0 Å². The first-order valence-electron chi connectivity index (χ1n) is 10.0. The molecule has 0 spiro atoms. The number of esters is 1. The minimum atomic E-state index is -0.450. The minimum absolute atomic E-state index is 0.182. The lowest BCUT2D eigenvalue weighted by molar-refractivity contribution is -0.131. The summed E-state index contributed by atoms with van der Waals surface area (Å²) in [4.78, 5) is 40.4. The number of hydrogen-bond donors (Lipinski definition) is 0. The maximum absolute atomic E-state index is 13.1. The molecule has 170 valence electrons. The second kappa shape index (κ2) is 10.0. The Kier molecular flexibility index (Phi) is 7.19. The van der Waals surface area contributed by atoms with Crippen molar-refractivity contribution in [2.24, 2.45) is 0 Å². The second-order valence-corrected chi connectivity index (χ2v) is 7.12. The lowest BCUT2D eigenvalue weighted by Crippen LogP contribution is -2.50. The Morgan fingerprint density at radius 2 is 1.28 bits per heavy atom. The van der Waals surface area contributed by atoms with Crippen molar-refractivity contribution >= 4 is 17.8 Å². The van der Waals surface area contributed by atoms with Gasteiger partial charge in [0.2, 0.25) is 5.75 Å². The number of piperazine rings is 1. The summed E-state index contributed by atoms with van der Waals surface area (Å²) in [7, 11) is 4.48. The van der Waals surface area contributed by atoms with Gasteiger partial charge in [-0.25, -0.2) is 0 Å². The van der Waals surface area contributed by atoms with E-state index in [-0.39, 0.29) is 11.8 Å². The van der Waals surface area contributed by atoms with E-state index in [0.717, 1.165) is 0 Å². The number of carbonyl (C=O) groups is 3. The Morgan fingerprint density at radius 1 is 0.750 bits per heavy atom. The predicted octanol–water partition coefficient (Wildman–Crippen LogP) is 2.24. The predicted molar refractivity (Wildman–Crippen MR) is 116 cm³/mol. The van der Waals surface area contributed by atoms with Crippen molar-refractivity contribution in [3.05, 3.63) is 47.5 Å². The Hall–Kier alpha value is -3.75. The minimum Gasteiger partial charge on any atom is -0.493 e. The second-order valence-electron chi connectivity index (χ2n) is 7.12. The highest BCUT2D eigenvalue weighted by atomic mass is 16.5. The fourth-order valence-corrected chi connectivity index (χ4v) is 3.54.